The average Bonchev–Trinajstić information content (AvgIpc) is 2.83. The van der Waals surface area contributed by atoms with Gasteiger partial charge in [-0.2, -0.15) is 0 Å². The summed E-state index contributed by atoms with van der Waals surface area (Å²) in [4.78, 5) is 26.9. The maximum Gasteiger partial charge on any atom is 0.262 e. The topological polar surface area (TPSA) is 58.6 Å². The molecule has 3 aromatic rings. The molecule has 0 fully saturated rings. The van der Waals surface area contributed by atoms with Crippen LogP contribution in [0.3, 0.4) is 0 Å². The van der Waals surface area contributed by atoms with Crippen LogP contribution in [-0.2, 0) is 11.2 Å². The number of nitrogens with zero attached hydrogens (tertiary/aromatic N) is 1. The summed E-state index contributed by atoms with van der Waals surface area (Å²) in [6.45, 7) is 2.38. The van der Waals surface area contributed by atoms with Gasteiger partial charge in [0.15, 0.2) is 5.75 Å². The highest BCUT2D eigenvalue weighted by atomic mass is 19.1. The molecule has 1 heterocycles. The SMILES string of the molecule is CCN1C(=O)c2ccccc2Oc2cc(NC(=O)Cc3ccc(F)cc3)ccc21. The van der Waals surface area contributed by atoms with Crippen LogP contribution in [0.5, 0.6) is 11.5 Å². The lowest BCUT2D eigenvalue weighted by Crippen LogP contribution is -2.29. The number of anilines is 2. The van der Waals surface area contributed by atoms with E-state index in [2.05, 4.69) is 5.32 Å². The van der Waals surface area contributed by atoms with E-state index in [1.165, 1.54) is 12.1 Å². The zero-order chi connectivity index (χ0) is 20.4. The quantitative estimate of drug-likeness (QED) is 0.698. The molecule has 0 unspecified atom stereocenters. The third-order valence-electron chi connectivity index (χ3n) is 4.71. The van der Waals surface area contributed by atoms with Gasteiger partial charge in [0.1, 0.15) is 11.6 Å². The molecule has 29 heavy (non-hydrogen) atoms. The number of amides is 2. The van der Waals surface area contributed by atoms with Crippen LogP contribution in [0.2, 0.25) is 0 Å². The van der Waals surface area contributed by atoms with Crippen molar-refractivity contribution < 1.29 is 18.7 Å². The predicted octanol–water partition coefficient (Wildman–Crippen LogP) is 4.78. The van der Waals surface area contributed by atoms with E-state index < -0.39 is 0 Å². The Morgan fingerprint density at radius 2 is 1.79 bits per heavy atom. The molecule has 2 amide bonds. The lowest BCUT2D eigenvalue weighted by molar-refractivity contribution is -0.115. The average molecular weight is 390 g/mol. The van der Waals surface area contributed by atoms with E-state index in [1.807, 2.05) is 13.0 Å². The van der Waals surface area contributed by atoms with Crippen molar-refractivity contribution in [1.82, 2.24) is 0 Å². The minimum Gasteiger partial charge on any atom is -0.454 e. The molecule has 0 aromatic heterocycles. The van der Waals surface area contributed by atoms with Crippen molar-refractivity contribution in [3.8, 4) is 11.5 Å². The highest BCUT2D eigenvalue weighted by Crippen LogP contribution is 2.40. The van der Waals surface area contributed by atoms with Gasteiger partial charge < -0.3 is 15.0 Å². The summed E-state index contributed by atoms with van der Waals surface area (Å²) in [6.07, 6.45) is 0.126. The van der Waals surface area contributed by atoms with Crippen LogP contribution in [-0.4, -0.2) is 18.4 Å². The van der Waals surface area contributed by atoms with Crippen molar-refractivity contribution in [2.75, 3.05) is 16.8 Å². The first kappa shape index (κ1) is 18.7. The molecular formula is C23H19FN2O3. The number of carbonyl (C=O) groups excluding carboxylic acids is 2. The number of benzene rings is 3. The van der Waals surface area contributed by atoms with Crippen LogP contribution in [0.15, 0.2) is 66.7 Å². The van der Waals surface area contributed by atoms with Crippen molar-refractivity contribution >= 4 is 23.2 Å². The van der Waals surface area contributed by atoms with Crippen LogP contribution in [0.4, 0.5) is 15.8 Å². The standard InChI is InChI=1S/C23H19FN2O3/c1-2-26-19-12-11-17(25-22(27)13-15-7-9-16(24)10-8-15)14-21(19)29-20-6-4-3-5-18(20)23(26)28/h3-12,14H,2,13H2,1H3,(H,25,27). The van der Waals surface area contributed by atoms with Crippen molar-refractivity contribution in [1.29, 1.82) is 0 Å². The number of nitrogens with one attached hydrogen (secondary N) is 1. The molecular weight excluding hydrogens is 371 g/mol. The molecule has 1 N–H and O–H groups in total. The Morgan fingerprint density at radius 1 is 1.03 bits per heavy atom. The largest absolute Gasteiger partial charge is 0.454 e. The molecule has 0 saturated carbocycles. The van der Waals surface area contributed by atoms with Gasteiger partial charge in [-0.3, -0.25) is 9.59 Å². The molecule has 0 spiro atoms. The number of fused-ring (bicyclic) bond motifs is 2. The Morgan fingerprint density at radius 3 is 2.55 bits per heavy atom. The summed E-state index contributed by atoms with van der Waals surface area (Å²) in [5, 5.41) is 2.83. The van der Waals surface area contributed by atoms with E-state index in [9.17, 15) is 14.0 Å². The molecule has 0 atom stereocenters. The highest BCUT2D eigenvalue weighted by Gasteiger charge is 2.27. The summed E-state index contributed by atoms with van der Waals surface area (Å²) < 4.78 is 19.0. The number of para-hydroxylation sites is 1. The molecule has 146 valence electrons. The summed E-state index contributed by atoms with van der Waals surface area (Å²) in [5.74, 6) is 0.269. The van der Waals surface area contributed by atoms with Crippen LogP contribution in [0.25, 0.3) is 0 Å². The summed E-state index contributed by atoms with van der Waals surface area (Å²) in [5.41, 5.74) is 2.41. The van der Waals surface area contributed by atoms with Gasteiger partial charge in [0.2, 0.25) is 5.91 Å². The second-order valence-corrected chi connectivity index (χ2v) is 6.68. The minimum absolute atomic E-state index is 0.126. The van der Waals surface area contributed by atoms with Crippen molar-refractivity contribution in [2.24, 2.45) is 0 Å². The zero-order valence-electron chi connectivity index (χ0n) is 15.8. The first-order valence-corrected chi connectivity index (χ1v) is 9.32. The van der Waals surface area contributed by atoms with Crippen molar-refractivity contribution in [3.05, 3.63) is 83.7 Å². The van der Waals surface area contributed by atoms with E-state index in [1.54, 1.807) is 53.4 Å². The van der Waals surface area contributed by atoms with E-state index >= 15 is 0 Å². The Labute approximate surface area is 167 Å². The molecule has 0 saturated heterocycles. The van der Waals surface area contributed by atoms with Crippen LogP contribution >= 0.6 is 0 Å². The second kappa shape index (κ2) is 7.75. The first-order valence-electron chi connectivity index (χ1n) is 9.32. The van der Waals surface area contributed by atoms with Crippen LogP contribution in [0, 0.1) is 5.82 Å². The molecule has 0 bridgehead atoms. The van der Waals surface area contributed by atoms with Gasteiger partial charge in [-0.25, -0.2) is 4.39 Å². The van der Waals surface area contributed by atoms with Gasteiger partial charge in [0.25, 0.3) is 5.91 Å². The Bertz CT molecular complexity index is 1080. The van der Waals surface area contributed by atoms with Gasteiger partial charge in [-0.15, -0.1) is 0 Å². The number of hydrogen-bond acceptors (Lipinski definition) is 3. The number of ether oxygens (including phenoxy) is 1. The lowest BCUT2D eigenvalue weighted by Gasteiger charge is -2.20. The first-order chi connectivity index (χ1) is 14.0. The molecule has 1 aliphatic rings. The Balaban J connectivity index is 1.59. The van der Waals surface area contributed by atoms with Gasteiger partial charge in [-0.05, 0) is 48.9 Å². The van der Waals surface area contributed by atoms with Crippen molar-refractivity contribution in [2.45, 2.75) is 13.3 Å². The van der Waals surface area contributed by atoms with E-state index in [0.29, 0.717) is 40.5 Å². The minimum atomic E-state index is -0.340. The number of rotatable bonds is 4. The molecule has 6 heteroatoms. The van der Waals surface area contributed by atoms with E-state index in [4.69, 9.17) is 4.74 Å². The molecule has 5 nitrogen and oxygen atoms in total. The van der Waals surface area contributed by atoms with E-state index in [-0.39, 0.29) is 24.1 Å². The van der Waals surface area contributed by atoms with Gasteiger partial charge in [0, 0.05) is 18.3 Å². The lowest BCUT2D eigenvalue weighted by atomic mass is 10.1. The molecule has 3 aromatic carbocycles. The van der Waals surface area contributed by atoms with Gasteiger partial charge in [0.05, 0.1) is 17.7 Å². The highest BCUT2D eigenvalue weighted by molar-refractivity contribution is 6.09. The maximum atomic E-state index is 13.0. The van der Waals surface area contributed by atoms with Crippen LogP contribution < -0.4 is 15.0 Å². The number of carbonyl (C=O) groups is 2. The van der Waals surface area contributed by atoms with Gasteiger partial charge >= 0.3 is 0 Å². The second-order valence-electron chi connectivity index (χ2n) is 6.68. The fourth-order valence-corrected chi connectivity index (χ4v) is 3.31. The third-order valence-corrected chi connectivity index (χ3v) is 4.71. The smallest absolute Gasteiger partial charge is 0.262 e. The Kier molecular flexibility index (Phi) is 4.99. The molecule has 4 rings (SSSR count). The van der Waals surface area contributed by atoms with Crippen LogP contribution in [0.1, 0.15) is 22.8 Å². The van der Waals surface area contributed by atoms with Gasteiger partial charge in [-0.1, -0.05) is 24.3 Å². The van der Waals surface area contributed by atoms with Crippen molar-refractivity contribution in [3.63, 3.8) is 0 Å². The fourth-order valence-electron chi connectivity index (χ4n) is 3.31. The van der Waals surface area contributed by atoms with E-state index in [0.717, 1.165) is 0 Å². The normalized spacial score (nSPS) is 12.5. The maximum absolute atomic E-state index is 13.0. The monoisotopic (exact) mass is 390 g/mol. The zero-order valence-corrected chi connectivity index (χ0v) is 15.8. The summed E-state index contributed by atoms with van der Waals surface area (Å²) >= 11 is 0. The number of halogens is 1. The summed E-state index contributed by atoms with van der Waals surface area (Å²) in [7, 11) is 0. The third kappa shape index (κ3) is 3.82. The predicted molar refractivity (Wildman–Crippen MR) is 109 cm³/mol. The molecule has 0 radical (unpaired) electrons. The Hall–Kier alpha value is -3.67. The summed E-state index contributed by atoms with van der Waals surface area (Å²) in [6, 6.07) is 18.1. The fraction of sp³-hybridized carbons (Fsp3) is 0.130. The molecule has 0 aliphatic carbocycles. The molecule has 1 aliphatic heterocycles. The number of hydrogen-bond donors (Lipinski definition) is 1.